The van der Waals surface area contributed by atoms with Gasteiger partial charge in [-0.3, -0.25) is 4.79 Å². The number of carbonyl (C=O) groups excluding carboxylic acids is 1. The Labute approximate surface area is 126 Å². The molecule has 3 rings (SSSR count). The number of fused-ring (bicyclic) bond motifs is 1. The van der Waals surface area contributed by atoms with Crippen molar-refractivity contribution in [3.63, 3.8) is 0 Å². The molecule has 5 heteroatoms. The molecule has 0 saturated heterocycles. The van der Waals surface area contributed by atoms with E-state index >= 15 is 0 Å². The minimum absolute atomic E-state index is 0.0647. The summed E-state index contributed by atoms with van der Waals surface area (Å²) in [6.07, 6.45) is 0. The average molecular weight is 302 g/mol. The van der Waals surface area contributed by atoms with Crippen molar-refractivity contribution >= 4 is 27.5 Å². The minimum Gasteiger partial charge on any atom is -0.339 e. The SMILES string of the molecule is CN(Cc1cccc(F)c1)C(=O)c1cc2sccc2n1C. The number of hydrogen-bond acceptors (Lipinski definition) is 2. The van der Waals surface area contributed by atoms with E-state index in [0.29, 0.717) is 12.2 Å². The van der Waals surface area contributed by atoms with Gasteiger partial charge in [0.05, 0.1) is 10.2 Å². The Kier molecular flexibility index (Phi) is 3.51. The van der Waals surface area contributed by atoms with Crippen LogP contribution in [-0.2, 0) is 13.6 Å². The molecule has 0 bridgehead atoms. The Balaban J connectivity index is 1.84. The van der Waals surface area contributed by atoms with Crippen LogP contribution < -0.4 is 0 Å². The smallest absolute Gasteiger partial charge is 0.270 e. The van der Waals surface area contributed by atoms with Crippen LogP contribution in [0.15, 0.2) is 41.8 Å². The lowest BCUT2D eigenvalue weighted by Gasteiger charge is -2.17. The van der Waals surface area contributed by atoms with Crippen molar-refractivity contribution in [2.24, 2.45) is 7.05 Å². The molecule has 0 unspecified atom stereocenters. The van der Waals surface area contributed by atoms with Crippen LogP contribution in [0.4, 0.5) is 4.39 Å². The average Bonchev–Trinajstić information content (AvgIpc) is 3.01. The van der Waals surface area contributed by atoms with Crippen LogP contribution in [0.25, 0.3) is 10.2 Å². The first kappa shape index (κ1) is 13.8. The van der Waals surface area contributed by atoms with Crippen LogP contribution in [0.3, 0.4) is 0 Å². The van der Waals surface area contributed by atoms with Gasteiger partial charge in [0.15, 0.2) is 0 Å². The highest BCUT2D eigenvalue weighted by molar-refractivity contribution is 7.17. The first-order chi connectivity index (χ1) is 10.1. The van der Waals surface area contributed by atoms with E-state index < -0.39 is 0 Å². The van der Waals surface area contributed by atoms with Crippen molar-refractivity contribution in [2.75, 3.05) is 7.05 Å². The van der Waals surface area contributed by atoms with Crippen molar-refractivity contribution in [2.45, 2.75) is 6.54 Å². The first-order valence-corrected chi connectivity index (χ1v) is 7.47. The molecule has 1 amide bonds. The van der Waals surface area contributed by atoms with Crippen molar-refractivity contribution < 1.29 is 9.18 Å². The van der Waals surface area contributed by atoms with E-state index in [9.17, 15) is 9.18 Å². The topological polar surface area (TPSA) is 25.2 Å². The van der Waals surface area contributed by atoms with Crippen LogP contribution in [0.2, 0.25) is 0 Å². The molecule has 0 saturated carbocycles. The lowest BCUT2D eigenvalue weighted by molar-refractivity contribution is 0.0776. The van der Waals surface area contributed by atoms with E-state index in [1.54, 1.807) is 29.4 Å². The third-order valence-corrected chi connectivity index (χ3v) is 4.39. The number of carbonyl (C=O) groups is 1. The van der Waals surface area contributed by atoms with Crippen molar-refractivity contribution in [3.05, 3.63) is 58.9 Å². The molecule has 3 aromatic rings. The lowest BCUT2D eigenvalue weighted by atomic mass is 10.2. The van der Waals surface area contributed by atoms with Gasteiger partial charge in [-0.1, -0.05) is 12.1 Å². The van der Waals surface area contributed by atoms with Gasteiger partial charge in [-0.15, -0.1) is 11.3 Å². The second-order valence-corrected chi connectivity index (χ2v) is 6.00. The standard InChI is InChI=1S/C16H15FN2OS/c1-18(10-11-4-3-5-12(17)8-11)16(20)14-9-15-13(19(14)2)6-7-21-15/h3-9H,10H2,1-2H3. The fraction of sp³-hybridized carbons (Fsp3) is 0.188. The summed E-state index contributed by atoms with van der Waals surface area (Å²) in [5.41, 5.74) is 2.49. The second kappa shape index (κ2) is 5.33. The third-order valence-electron chi connectivity index (χ3n) is 3.54. The monoisotopic (exact) mass is 302 g/mol. The van der Waals surface area contributed by atoms with Crippen molar-refractivity contribution in [3.8, 4) is 0 Å². The summed E-state index contributed by atoms with van der Waals surface area (Å²) < 4.78 is 16.2. The van der Waals surface area contributed by atoms with Gasteiger partial charge < -0.3 is 9.47 Å². The molecule has 21 heavy (non-hydrogen) atoms. The Morgan fingerprint density at radius 3 is 2.86 bits per heavy atom. The summed E-state index contributed by atoms with van der Waals surface area (Å²) in [4.78, 5) is 14.1. The van der Waals surface area contributed by atoms with Gasteiger partial charge in [0, 0.05) is 20.6 Å². The van der Waals surface area contributed by atoms with Crippen LogP contribution in [0, 0.1) is 5.82 Å². The van der Waals surface area contributed by atoms with Crippen LogP contribution in [0.5, 0.6) is 0 Å². The number of hydrogen-bond donors (Lipinski definition) is 0. The normalized spacial score (nSPS) is 11.0. The summed E-state index contributed by atoms with van der Waals surface area (Å²) >= 11 is 1.62. The zero-order valence-corrected chi connectivity index (χ0v) is 12.7. The number of rotatable bonds is 3. The Bertz CT molecular complexity index is 806. The molecule has 0 fully saturated rings. The highest BCUT2D eigenvalue weighted by Crippen LogP contribution is 2.25. The molecule has 0 aliphatic rings. The predicted octanol–water partition coefficient (Wildman–Crippen LogP) is 3.65. The molecular weight excluding hydrogens is 287 g/mol. The van der Waals surface area contributed by atoms with Gasteiger partial charge in [-0.05, 0) is 35.2 Å². The molecule has 108 valence electrons. The van der Waals surface area contributed by atoms with Crippen molar-refractivity contribution in [1.82, 2.24) is 9.47 Å². The molecule has 0 N–H and O–H groups in total. The van der Waals surface area contributed by atoms with E-state index in [4.69, 9.17) is 0 Å². The van der Waals surface area contributed by atoms with Gasteiger partial charge in [0.25, 0.3) is 5.91 Å². The van der Waals surface area contributed by atoms with Gasteiger partial charge >= 0.3 is 0 Å². The van der Waals surface area contributed by atoms with Crippen molar-refractivity contribution in [1.29, 1.82) is 0 Å². The van der Waals surface area contributed by atoms with Crippen LogP contribution >= 0.6 is 11.3 Å². The Hall–Kier alpha value is -2.14. The van der Waals surface area contributed by atoms with Gasteiger partial charge in [-0.2, -0.15) is 0 Å². The molecule has 2 heterocycles. The minimum atomic E-state index is -0.285. The van der Waals surface area contributed by atoms with Gasteiger partial charge in [-0.25, -0.2) is 4.39 Å². The number of thiophene rings is 1. The number of halogens is 1. The zero-order chi connectivity index (χ0) is 15.0. The zero-order valence-electron chi connectivity index (χ0n) is 11.8. The van der Waals surface area contributed by atoms with Crippen LogP contribution in [-0.4, -0.2) is 22.4 Å². The van der Waals surface area contributed by atoms with E-state index in [0.717, 1.165) is 15.8 Å². The van der Waals surface area contributed by atoms with Gasteiger partial charge in [0.1, 0.15) is 11.5 Å². The molecule has 0 spiro atoms. The third kappa shape index (κ3) is 2.56. The molecule has 1 aromatic carbocycles. The molecule has 0 atom stereocenters. The summed E-state index contributed by atoms with van der Waals surface area (Å²) in [5, 5.41) is 2.01. The Morgan fingerprint density at radius 2 is 2.14 bits per heavy atom. The number of amides is 1. The summed E-state index contributed by atoms with van der Waals surface area (Å²) in [7, 11) is 3.62. The molecule has 0 aliphatic carbocycles. The maximum Gasteiger partial charge on any atom is 0.270 e. The summed E-state index contributed by atoms with van der Waals surface area (Å²) in [5.74, 6) is -0.349. The summed E-state index contributed by atoms with van der Waals surface area (Å²) in [6.45, 7) is 0.384. The molecule has 2 aromatic heterocycles. The second-order valence-electron chi connectivity index (χ2n) is 5.05. The number of aryl methyl sites for hydroxylation is 1. The largest absolute Gasteiger partial charge is 0.339 e. The Morgan fingerprint density at radius 1 is 1.33 bits per heavy atom. The number of nitrogens with zero attached hydrogens (tertiary/aromatic N) is 2. The maximum absolute atomic E-state index is 13.2. The van der Waals surface area contributed by atoms with Gasteiger partial charge in [0.2, 0.25) is 0 Å². The quantitative estimate of drug-likeness (QED) is 0.725. The fourth-order valence-electron chi connectivity index (χ4n) is 2.43. The van der Waals surface area contributed by atoms with E-state index in [-0.39, 0.29) is 11.7 Å². The van der Waals surface area contributed by atoms with Crippen LogP contribution in [0.1, 0.15) is 16.1 Å². The summed E-state index contributed by atoms with van der Waals surface area (Å²) in [6, 6.07) is 10.2. The highest BCUT2D eigenvalue weighted by atomic mass is 32.1. The fourth-order valence-corrected chi connectivity index (χ4v) is 3.28. The number of aromatic nitrogens is 1. The maximum atomic E-state index is 13.2. The first-order valence-electron chi connectivity index (χ1n) is 6.59. The lowest BCUT2D eigenvalue weighted by Crippen LogP contribution is -2.27. The highest BCUT2D eigenvalue weighted by Gasteiger charge is 2.18. The molecule has 0 aliphatic heterocycles. The molecular formula is C16H15FN2OS. The molecule has 0 radical (unpaired) electrons. The predicted molar refractivity (Wildman–Crippen MR) is 83.0 cm³/mol. The van der Waals surface area contributed by atoms with E-state index in [2.05, 4.69) is 0 Å². The van der Waals surface area contributed by atoms with E-state index in [1.807, 2.05) is 35.2 Å². The van der Waals surface area contributed by atoms with E-state index in [1.165, 1.54) is 12.1 Å². The number of benzene rings is 1. The molecule has 3 nitrogen and oxygen atoms in total.